The van der Waals surface area contributed by atoms with Gasteiger partial charge in [0.05, 0.1) is 11.4 Å². The van der Waals surface area contributed by atoms with Gasteiger partial charge in [0.15, 0.2) is 0 Å². The van der Waals surface area contributed by atoms with Crippen LogP contribution in [-0.4, -0.2) is 4.98 Å². The Labute approximate surface area is 91.0 Å². The van der Waals surface area contributed by atoms with Crippen LogP contribution in [0.2, 0.25) is 0 Å². The summed E-state index contributed by atoms with van der Waals surface area (Å²) in [5.74, 6) is -2.22. The molecule has 0 fully saturated rings. The van der Waals surface area contributed by atoms with E-state index in [2.05, 4.69) is 4.98 Å². The number of hydrogen-bond acceptors (Lipinski definition) is 1. The minimum absolute atomic E-state index is 0.0346. The Morgan fingerprint density at radius 2 is 1.88 bits per heavy atom. The predicted octanol–water partition coefficient (Wildman–Crippen LogP) is 3.92. The van der Waals surface area contributed by atoms with Crippen LogP contribution < -0.4 is 0 Å². The van der Waals surface area contributed by atoms with Gasteiger partial charge in [0, 0.05) is 17.3 Å². The molecular weight excluding hydrogens is 260 g/mol. The van der Waals surface area contributed by atoms with Crippen LogP contribution >= 0.6 is 11.6 Å². The van der Waals surface area contributed by atoms with Crippen molar-refractivity contribution in [2.45, 2.75) is 18.5 Å². The third kappa shape index (κ3) is 2.40. The zero-order valence-electron chi connectivity index (χ0n) is 7.45. The average molecular weight is 264 g/mol. The average Bonchev–Trinajstić information content (AvgIpc) is 2.14. The van der Waals surface area contributed by atoms with Crippen molar-refractivity contribution in [1.29, 1.82) is 0 Å². The van der Waals surface area contributed by atoms with Crippen LogP contribution in [0.5, 0.6) is 0 Å². The molecule has 0 spiro atoms. The summed E-state index contributed by atoms with van der Waals surface area (Å²) in [5, 5.41) is 0. The van der Waals surface area contributed by atoms with Crippen molar-refractivity contribution in [1.82, 2.24) is 4.98 Å². The van der Waals surface area contributed by atoms with Crippen molar-refractivity contribution in [3.8, 4) is 0 Å². The summed E-state index contributed by atoms with van der Waals surface area (Å²) < 4.78 is 74.7. The topological polar surface area (TPSA) is 12.9 Å². The molecule has 0 aliphatic heterocycles. The van der Waals surface area contributed by atoms with Gasteiger partial charge in [0.2, 0.25) is 5.95 Å². The second kappa shape index (κ2) is 4.48. The number of nitrogens with zero attached hydrogens (tertiary/aromatic N) is 1. The fraction of sp³-hybridized carbons (Fsp3) is 0.375. The van der Waals surface area contributed by atoms with E-state index in [1.165, 1.54) is 0 Å². The lowest BCUT2D eigenvalue weighted by atomic mass is 10.1. The Balaban J connectivity index is 3.52. The van der Waals surface area contributed by atoms with Crippen LogP contribution in [0.3, 0.4) is 0 Å². The smallest absolute Gasteiger partial charge is 0.227 e. The molecule has 1 aromatic rings. The lowest BCUT2D eigenvalue weighted by Crippen LogP contribution is -2.14. The van der Waals surface area contributed by atoms with E-state index < -0.39 is 41.1 Å². The molecule has 0 aliphatic carbocycles. The molecule has 0 atom stereocenters. The van der Waals surface area contributed by atoms with Gasteiger partial charge in [0.1, 0.15) is 0 Å². The van der Waals surface area contributed by atoms with E-state index in [1.54, 1.807) is 0 Å². The van der Waals surface area contributed by atoms with Gasteiger partial charge in [-0.3, -0.25) is 0 Å². The van der Waals surface area contributed by atoms with Crippen LogP contribution in [0, 0.1) is 5.95 Å². The van der Waals surface area contributed by atoms with Gasteiger partial charge < -0.3 is 0 Å². The molecule has 8 heteroatoms. The van der Waals surface area contributed by atoms with E-state index in [0.717, 1.165) is 0 Å². The fourth-order valence-corrected chi connectivity index (χ4v) is 1.40. The molecule has 90 valence electrons. The van der Waals surface area contributed by atoms with Gasteiger partial charge in [-0.25, -0.2) is 13.8 Å². The molecule has 1 heterocycles. The Morgan fingerprint density at radius 3 is 2.25 bits per heavy atom. The van der Waals surface area contributed by atoms with E-state index in [-0.39, 0.29) is 6.20 Å². The molecule has 1 rings (SSSR count). The molecule has 0 aromatic carbocycles. The van der Waals surface area contributed by atoms with Crippen LogP contribution in [-0.2, 0) is 12.1 Å². The molecule has 0 aliphatic rings. The van der Waals surface area contributed by atoms with E-state index in [9.17, 15) is 26.3 Å². The van der Waals surface area contributed by atoms with Crippen LogP contribution in [0.1, 0.15) is 23.1 Å². The summed E-state index contributed by atoms with van der Waals surface area (Å²) >= 11 is 5.12. The summed E-state index contributed by atoms with van der Waals surface area (Å²) in [5.41, 5.74) is -4.04. The number of halogens is 7. The molecule has 0 N–H and O–H groups in total. The number of aromatic nitrogens is 1. The van der Waals surface area contributed by atoms with Gasteiger partial charge in [-0.2, -0.15) is 17.6 Å². The molecule has 1 nitrogen and oxygen atoms in total. The van der Waals surface area contributed by atoms with Crippen molar-refractivity contribution >= 4 is 11.6 Å². The first-order valence-electron chi connectivity index (χ1n) is 3.87. The lowest BCUT2D eigenvalue weighted by molar-refractivity contribution is -0.139. The first kappa shape index (κ1) is 13.1. The van der Waals surface area contributed by atoms with E-state index >= 15 is 0 Å². The Morgan fingerprint density at radius 1 is 1.31 bits per heavy atom. The molecule has 16 heavy (non-hydrogen) atoms. The predicted molar refractivity (Wildman–Crippen MR) is 43.7 cm³/mol. The van der Waals surface area contributed by atoms with Gasteiger partial charge >= 0.3 is 6.18 Å². The Hall–Kier alpha value is -0.980. The van der Waals surface area contributed by atoms with Crippen LogP contribution in [0.15, 0.2) is 6.20 Å². The number of rotatable bonds is 2. The highest BCUT2D eigenvalue weighted by atomic mass is 35.5. The van der Waals surface area contributed by atoms with Crippen molar-refractivity contribution < 1.29 is 26.3 Å². The van der Waals surface area contributed by atoms with Gasteiger partial charge in [-0.05, 0) is 0 Å². The summed E-state index contributed by atoms with van der Waals surface area (Å²) in [4.78, 5) is 2.75. The molecule has 0 saturated carbocycles. The number of pyridine rings is 1. The summed E-state index contributed by atoms with van der Waals surface area (Å²) in [6.07, 6.45) is -8.46. The van der Waals surface area contributed by atoms with Gasteiger partial charge in [0.25, 0.3) is 6.43 Å². The maximum atomic E-state index is 12.9. The van der Waals surface area contributed by atoms with Crippen molar-refractivity contribution in [3.63, 3.8) is 0 Å². The minimum Gasteiger partial charge on any atom is -0.227 e. The second-order valence-corrected chi connectivity index (χ2v) is 3.05. The highest BCUT2D eigenvalue weighted by Gasteiger charge is 2.38. The van der Waals surface area contributed by atoms with Crippen molar-refractivity contribution in [2.24, 2.45) is 0 Å². The highest BCUT2D eigenvalue weighted by molar-refractivity contribution is 6.17. The van der Waals surface area contributed by atoms with Crippen LogP contribution in [0.25, 0.3) is 0 Å². The van der Waals surface area contributed by atoms with Gasteiger partial charge in [-0.1, -0.05) is 0 Å². The number of alkyl halides is 6. The molecule has 0 amide bonds. The maximum Gasteiger partial charge on any atom is 0.418 e. The SMILES string of the molecule is Fc1ncc(C(F)(F)F)c(C(F)F)c1CCl. The van der Waals surface area contributed by atoms with Crippen molar-refractivity contribution in [2.75, 3.05) is 0 Å². The maximum absolute atomic E-state index is 12.9. The third-order valence-corrected chi connectivity index (χ3v) is 2.10. The lowest BCUT2D eigenvalue weighted by Gasteiger charge is -2.14. The molecule has 0 unspecified atom stereocenters. The van der Waals surface area contributed by atoms with Crippen LogP contribution in [0.4, 0.5) is 26.3 Å². The van der Waals surface area contributed by atoms with Crippen molar-refractivity contribution in [3.05, 3.63) is 28.8 Å². The fourth-order valence-electron chi connectivity index (χ4n) is 1.14. The first-order valence-corrected chi connectivity index (χ1v) is 4.41. The van der Waals surface area contributed by atoms with Gasteiger partial charge in [-0.15, -0.1) is 11.6 Å². The quantitative estimate of drug-likeness (QED) is 0.448. The Kier molecular flexibility index (Phi) is 3.67. The summed E-state index contributed by atoms with van der Waals surface area (Å²) in [7, 11) is 0. The Bertz CT molecular complexity index is 389. The minimum atomic E-state index is -5.02. The monoisotopic (exact) mass is 263 g/mol. The molecular formula is C8H4ClF6N. The number of hydrogen-bond donors (Lipinski definition) is 0. The van der Waals surface area contributed by atoms with E-state index in [1.807, 2.05) is 0 Å². The van der Waals surface area contributed by atoms with E-state index in [0.29, 0.717) is 0 Å². The zero-order valence-corrected chi connectivity index (χ0v) is 8.21. The highest BCUT2D eigenvalue weighted by Crippen LogP contribution is 2.38. The normalized spacial score (nSPS) is 12.2. The third-order valence-electron chi connectivity index (χ3n) is 1.83. The molecule has 0 radical (unpaired) electrons. The first-order chi connectivity index (χ1) is 7.29. The second-order valence-electron chi connectivity index (χ2n) is 2.79. The largest absolute Gasteiger partial charge is 0.418 e. The summed E-state index contributed by atoms with van der Waals surface area (Å²) in [6.45, 7) is 0. The molecule has 0 bridgehead atoms. The molecule has 0 saturated heterocycles. The van der Waals surface area contributed by atoms with E-state index in [4.69, 9.17) is 11.6 Å². The standard InChI is InChI=1S/C8H4ClF6N/c9-1-3-5(6(10)11)4(8(13,14)15)2-16-7(3)12/h2,6H,1H2. The zero-order chi connectivity index (χ0) is 12.5. The molecule has 1 aromatic heterocycles. The summed E-state index contributed by atoms with van der Waals surface area (Å²) in [6, 6.07) is 0.